The van der Waals surface area contributed by atoms with Crippen LogP contribution in [0, 0.1) is 0 Å². The molecule has 1 heterocycles. The first-order chi connectivity index (χ1) is 12.7. The lowest BCUT2D eigenvalue weighted by molar-refractivity contribution is -0.153. The van der Waals surface area contributed by atoms with Crippen LogP contribution in [0.1, 0.15) is 17.2 Å². The topological polar surface area (TPSA) is 77.4 Å². The third kappa shape index (κ3) is 6.61. The summed E-state index contributed by atoms with van der Waals surface area (Å²) in [6.07, 6.45) is -1.11. The highest BCUT2D eigenvalue weighted by Crippen LogP contribution is 2.29. The molecule has 0 aliphatic carbocycles. The molecule has 0 bridgehead atoms. The molecule has 7 nitrogen and oxygen atoms in total. The van der Waals surface area contributed by atoms with E-state index in [2.05, 4.69) is 15.7 Å². The molecular weight excluding hydrogens is 401 g/mol. The van der Waals surface area contributed by atoms with Gasteiger partial charge in [-0.2, -0.15) is 18.3 Å². The number of methoxy groups -OCH3 is 1. The Hall–Kier alpha value is -2.46. The number of hydrogen-bond donors (Lipinski definition) is 2. The van der Waals surface area contributed by atoms with E-state index in [4.69, 9.17) is 9.47 Å². The molecule has 2 rings (SSSR count). The largest absolute Gasteiger partial charge is 0.493 e. The molecule has 11 heteroatoms. The van der Waals surface area contributed by atoms with E-state index in [1.54, 1.807) is 37.2 Å². The number of nitrogens with zero attached hydrogens (tertiary/aromatic N) is 2. The maximum atomic E-state index is 12.4. The van der Waals surface area contributed by atoms with Gasteiger partial charge in [-0.25, -0.2) is 0 Å². The molecule has 0 aliphatic rings. The minimum atomic E-state index is -4.44. The Morgan fingerprint density at radius 2 is 2.04 bits per heavy atom. The lowest BCUT2D eigenvalue weighted by Crippen LogP contribution is -2.35. The second kappa shape index (κ2) is 10.2. The van der Waals surface area contributed by atoms with Gasteiger partial charge in [-0.3, -0.25) is 9.48 Å². The normalized spacial score (nSPS) is 12.1. The molecule has 0 saturated carbocycles. The van der Waals surface area contributed by atoms with Crippen molar-refractivity contribution >= 4 is 18.3 Å². The van der Waals surface area contributed by atoms with Crippen molar-refractivity contribution in [3.05, 3.63) is 41.7 Å². The Labute approximate surface area is 166 Å². The average molecular weight is 423 g/mol. The van der Waals surface area contributed by atoms with E-state index in [-0.39, 0.29) is 36.4 Å². The van der Waals surface area contributed by atoms with Crippen molar-refractivity contribution in [3.8, 4) is 11.5 Å². The van der Waals surface area contributed by atoms with Crippen molar-refractivity contribution < 1.29 is 27.4 Å². The first-order valence-corrected chi connectivity index (χ1v) is 8.03. The van der Waals surface area contributed by atoms with Crippen LogP contribution < -0.4 is 20.1 Å². The molecule has 0 aliphatic heterocycles. The molecular formula is C17H22ClF3N4O3. The Morgan fingerprint density at radius 1 is 1.32 bits per heavy atom. The monoisotopic (exact) mass is 422 g/mol. The molecule has 2 N–H and O–H groups in total. The van der Waals surface area contributed by atoms with Gasteiger partial charge >= 0.3 is 6.18 Å². The zero-order chi connectivity index (χ0) is 20.0. The molecule has 1 aromatic heterocycles. The number of alkyl halides is 3. The van der Waals surface area contributed by atoms with Gasteiger partial charge < -0.3 is 20.1 Å². The van der Waals surface area contributed by atoms with Crippen molar-refractivity contribution in [2.45, 2.75) is 18.8 Å². The summed E-state index contributed by atoms with van der Waals surface area (Å²) in [5.41, 5.74) is 1.37. The Morgan fingerprint density at radius 3 is 2.57 bits per heavy atom. The van der Waals surface area contributed by atoms with Crippen LogP contribution in [0.4, 0.5) is 13.2 Å². The van der Waals surface area contributed by atoms with Crippen molar-refractivity contribution in [1.82, 2.24) is 20.4 Å². The summed E-state index contributed by atoms with van der Waals surface area (Å²) >= 11 is 0. The zero-order valence-electron chi connectivity index (χ0n) is 15.5. The second-order valence-electron chi connectivity index (χ2n) is 5.78. The summed E-state index contributed by atoms with van der Waals surface area (Å²) in [5, 5.41) is 9.72. The van der Waals surface area contributed by atoms with Crippen molar-refractivity contribution in [1.29, 1.82) is 0 Å². The predicted molar refractivity (Wildman–Crippen MR) is 98.6 cm³/mol. The molecule has 1 atom stereocenters. The molecule has 2 aromatic rings. The van der Waals surface area contributed by atoms with Crippen LogP contribution in [0.5, 0.6) is 11.5 Å². The van der Waals surface area contributed by atoms with E-state index in [0.29, 0.717) is 11.1 Å². The first kappa shape index (κ1) is 23.6. The fourth-order valence-corrected chi connectivity index (χ4v) is 2.43. The number of carbonyl (C=O) groups is 1. The summed E-state index contributed by atoms with van der Waals surface area (Å²) < 4.78 is 48.3. The highest BCUT2D eigenvalue weighted by atomic mass is 35.5. The molecule has 0 saturated heterocycles. The summed E-state index contributed by atoms with van der Waals surface area (Å²) in [4.78, 5) is 12.4. The summed E-state index contributed by atoms with van der Waals surface area (Å²) in [7, 11) is 4.74. The number of hydrogen-bond acceptors (Lipinski definition) is 5. The van der Waals surface area contributed by atoms with Crippen LogP contribution >= 0.6 is 12.4 Å². The number of aromatic nitrogens is 2. The summed E-state index contributed by atoms with van der Waals surface area (Å²) in [5.74, 6) is -0.126. The van der Waals surface area contributed by atoms with E-state index in [1.807, 2.05) is 0 Å². The number of benzene rings is 1. The second-order valence-corrected chi connectivity index (χ2v) is 5.78. The van der Waals surface area contributed by atoms with Gasteiger partial charge in [0.15, 0.2) is 18.1 Å². The fourth-order valence-electron chi connectivity index (χ4n) is 2.43. The SMILES string of the molecule is CNC(C(=O)NCc1ccc(OCC(F)(F)F)c(OC)c1)c1cnn(C)c1.Cl. The number of halogens is 4. The fraction of sp³-hybridized carbons (Fsp3) is 0.412. The molecule has 1 aromatic carbocycles. The van der Waals surface area contributed by atoms with Gasteiger partial charge in [-0.15, -0.1) is 12.4 Å². The highest BCUT2D eigenvalue weighted by Gasteiger charge is 2.29. The van der Waals surface area contributed by atoms with Gasteiger partial charge in [0.05, 0.1) is 13.3 Å². The minimum absolute atomic E-state index is 0. The number of amides is 1. The molecule has 156 valence electrons. The number of ether oxygens (including phenoxy) is 2. The number of nitrogens with one attached hydrogen (secondary N) is 2. The standard InChI is InChI=1S/C17H21F3N4O3.ClH/c1-21-15(12-8-23-24(2)9-12)16(25)22-7-11-4-5-13(14(6-11)26-3)27-10-17(18,19)20;/h4-6,8-9,15,21H,7,10H2,1-3H3,(H,22,25);1H. The maximum absolute atomic E-state index is 12.4. The Balaban J connectivity index is 0.00000392. The molecule has 0 radical (unpaired) electrons. The maximum Gasteiger partial charge on any atom is 0.422 e. The third-order valence-corrected chi connectivity index (χ3v) is 3.70. The minimum Gasteiger partial charge on any atom is -0.493 e. The van der Waals surface area contributed by atoms with E-state index in [1.165, 1.54) is 19.2 Å². The molecule has 1 unspecified atom stereocenters. The van der Waals surface area contributed by atoms with E-state index < -0.39 is 18.8 Å². The Kier molecular flexibility index (Phi) is 8.58. The van der Waals surface area contributed by atoms with E-state index >= 15 is 0 Å². The lowest BCUT2D eigenvalue weighted by Gasteiger charge is -2.16. The van der Waals surface area contributed by atoms with E-state index in [9.17, 15) is 18.0 Å². The molecule has 0 fully saturated rings. The molecule has 1 amide bonds. The van der Waals surface area contributed by atoms with Crippen LogP contribution in [0.3, 0.4) is 0 Å². The van der Waals surface area contributed by atoms with Crippen LogP contribution in [0.2, 0.25) is 0 Å². The average Bonchev–Trinajstić information content (AvgIpc) is 3.04. The summed E-state index contributed by atoms with van der Waals surface area (Å²) in [6.45, 7) is -1.23. The van der Waals surface area contributed by atoms with Crippen molar-refractivity contribution in [3.63, 3.8) is 0 Å². The van der Waals surface area contributed by atoms with Gasteiger partial charge in [0.2, 0.25) is 5.91 Å². The van der Waals surface area contributed by atoms with Gasteiger partial charge in [0.25, 0.3) is 0 Å². The number of rotatable bonds is 8. The van der Waals surface area contributed by atoms with Gasteiger partial charge in [0.1, 0.15) is 6.04 Å². The van der Waals surface area contributed by atoms with Crippen LogP contribution in [0.15, 0.2) is 30.6 Å². The highest BCUT2D eigenvalue weighted by molar-refractivity contribution is 5.85. The Bertz CT molecular complexity index is 783. The quantitative estimate of drug-likeness (QED) is 0.683. The number of likely N-dealkylation sites (N-methyl/N-ethyl adjacent to an activating group) is 1. The van der Waals surface area contributed by atoms with Crippen molar-refractivity contribution in [2.24, 2.45) is 7.05 Å². The number of aryl methyl sites for hydroxylation is 1. The number of carbonyl (C=O) groups excluding carboxylic acids is 1. The van der Waals surface area contributed by atoms with Crippen LogP contribution in [-0.4, -0.2) is 42.6 Å². The molecule has 0 spiro atoms. The van der Waals surface area contributed by atoms with E-state index in [0.717, 1.165) is 0 Å². The van der Waals surface area contributed by atoms with Crippen LogP contribution in [0.25, 0.3) is 0 Å². The van der Waals surface area contributed by atoms with Gasteiger partial charge in [0, 0.05) is 25.4 Å². The predicted octanol–water partition coefficient (Wildman–Crippen LogP) is 2.37. The van der Waals surface area contributed by atoms with Gasteiger partial charge in [-0.1, -0.05) is 6.07 Å². The summed E-state index contributed by atoms with van der Waals surface area (Å²) in [6, 6.07) is 3.88. The molecule has 28 heavy (non-hydrogen) atoms. The van der Waals surface area contributed by atoms with Gasteiger partial charge in [-0.05, 0) is 24.7 Å². The van der Waals surface area contributed by atoms with Crippen LogP contribution in [-0.2, 0) is 18.4 Å². The van der Waals surface area contributed by atoms with Crippen molar-refractivity contribution in [2.75, 3.05) is 20.8 Å². The smallest absolute Gasteiger partial charge is 0.422 e. The lowest BCUT2D eigenvalue weighted by atomic mass is 10.1. The third-order valence-electron chi connectivity index (χ3n) is 3.70. The first-order valence-electron chi connectivity index (χ1n) is 8.03. The zero-order valence-corrected chi connectivity index (χ0v) is 16.4.